The summed E-state index contributed by atoms with van der Waals surface area (Å²) < 4.78 is 10.3. The van der Waals surface area contributed by atoms with Gasteiger partial charge in [-0.15, -0.1) is 6.42 Å². The van der Waals surface area contributed by atoms with Crippen LogP contribution in [-0.4, -0.2) is 14.2 Å². The highest BCUT2D eigenvalue weighted by molar-refractivity contribution is 5.56. The SMILES string of the molecule is C#Cc1c(OC)cc(C)cc1OC. The Morgan fingerprint density at radius 2 is 1.62 bits per heavy atom. The Labute approximate surface area is 78.5 Å². The number of benzene rings is 1. The molecule has 0 amide bonds. The fourth-order valence-corrected chi connectivity index (χ4v) is 1.19. The third-order valence-corrected chi connectivity index (χ3v) is 1.79. The molecule has 1 rings (SSSR count). The molecule has 0 N–H and O–H groups in total. The van der Waals surface area contributed by atoms with Gasteiger partial charge in [-0.2, -0.15) is 0 Å². The Bertz CT molecular complexity index is 323. The normalized spacial score (nSPS) is 9.08. The van der Waals surface area contributed by atoms with Crippen molar-refractivity contribution in [2.24, 2.45) is 0 Å². The molecular weight excluding hydrogens is 164 g/mol. The van der Waals surface area contributed by atoms with Crippen LogP contribution in [0, 0.1) is 19.3 Å². The van der Waals surface area contributed by atoms with Gasteiger partial charge in [0.15, 0.2) is 0 Å². The average molecular weight is 176 g/mol. The zero-order valence-corrected chi connectivity index (χ0v) is 8.05. The van der Waals surface area contributed by atoms with Gasteiger partial charge < -0.3 is 9.47 Å². The van der Waals surface area contributed by atoms with Crippen LogP contribution >= 0.6 is 0 Å². The van der Waals surface area contributed by atoms with E-state index in [9.17, 15) is 0 Å². The predicted molar refractivity (Wildman–Crippen MR) is 52.2 cm³/mol. The summed E-state index contributed by atoms with van der Waals surface area (Å²) in [6.45, 7) is 1.96. The van der Waals surface area contributed by atoms with Gasteiger partial charge in [0.05, 0.1) is 14.2 Å². The minimum Gasteiger partial charge on any atom is -0.495 e. The highest BCUT2D eigenvalue weighted by Crippen LogP contribution is 2.28. The van der Waals surface area contributed by atoms with Crippen molar-refractivity contribution in [3.05, 3.63) is 23.3 Å². The number of aryl methyl sites for hydroxylation is 1. The van der Waals surface area contributed by atoms with E-state index in [0.717, 1.165) is 5.56 Å². The minimum atomic E-state index is 0.663. The molecule has 2 heteroatoms. The Morgan fingerprint density at radius 3 is 1.92 bits per heavy atom. The standard InChI is InChI=1S/C11H12O2/c1-5-9-10(12-3)6-8(2)7-11(9)13-4/h1,6-7H,2-4H3. The number of methoxy groups -OCH3 is 2. The predicted octanol–water partition coefficient (Wildman–Crippen LogP) is 1.99. The van der Waals surface area contributed by atoms with Crippen LogP contribution < -0.4 is 9.47 Å². The maximum atomic E-state index is 5.34. The molecule has 0 fully saturated rings. The fraction of sp³-hybridized carbons (Fsp3) is 0.273. The van der Waals surface area contributed by atoms with E-state index in [2.05, 4.69) is 5.92 Å². The van der Waals surface area contributed by atoms with E-state index in [1.165, 1.54) is 0 Å². The summed E-state index contributed by atoms with van der Waals surface area (Å²) in [7, 11) is 3.18. The molecule has 0 radical (unpaired) electrons. The largest absolute Gasteiger partial charge is 0.495 e. The molecule has 0 unspecified atom stereocenters. The number of ether oxygens (including phenoxy) is 2. The van der Waals surface area contributed by atoms with Crippen molar-refractivity contribution in [2.45, 2.75) is 6.92 Å². The molecule has 68 valence electrons. The van der Waals surface area contributed by atoms with Crippen LogP contribution in [0.1, 0.15) is 11.1 Å². The van der Waals surface area contributed by atoms with Crippen LogP contribution in [0.15, 0.2) is 12.1 Å². The van der Waals surface area contributed by atoms with Crippen LogP contribution in [0.4, 0.5) is 0 Å². The lowest BCUT2D eigenvalue weighted by atomic mass is 10.1. The maximum absolute atomic E-state index is 5.34. The first-order valence-electron chi connectivity index (χ1n) is 3.92. The van der Waals surface area contributed by atoms with Gasteiger partial charge in [0.25, 0.3) is 0 Å². The summed E-state index contributed by atoms with van der Waals surface area (Å²) in [5, 5.41) is 0. The van der Waals surface area contributed by atoms with E-state index < -0.39 is 0 Å². The minimum absolute atomic E-state index is 0.663. The van der Waals surface area contributed by atoms with Crippen LogP contribution in [0.25, 0.3) is 0 Å². The molecule has 0 aromatic heterocycles. The summed E-state index contributed by atoms with van der Waals surface area (Å²) >= 11 is 0. The lowest BCUT2D eigenvalue weighted by Crippen LogP contribution is -1.94. The van der Waals surface area contributed by atoms with Gasteiger partial charge in [0.1, 0.15) is 17.1 Å². The average Bonchev–Trinajstić information content (AvgIpc) is 2.16. The molecule has 2 nitrogen and oxygen atoms in total. The van der Waals surface area contributed by atoms with Crippen molar-refractivity contribution in [1.29, 1.82) is 0 Å². The molecular formula is C11H12O2. The van der Waals surface area contributed by atoms with Gasteiger partial charge >= 0.3 is 0 Å². The molecule has 0 bridgehead atoms. The highest BCUT2D eigenvalue weighted by atomic mass is 16.5. The summed E-state index contributed by atoms with van der Waals surface area (Å²) in [6, 6.07) is 3.77. The molecule has 0 heterocycles. The molecule has 0 atom stereocenters. The van der Waals surface area contributed by atoms with Gasteiger partial charge in [-0.25, -0.2) is 0 Å². The van der Waals surface area contributed by atoms with Crippen molar-refractivity contribution >= 4 is 0 Å². The van der Waals surface area contributed by atoms with E-state index >= 15 is 0 Å². The van der Waals surface area contributed by atoms with E-state index in [1.807, 2.05) is 19.1 Å². The molecule has 1 aromatic carbocycles. The first kappa shape index (κ1) is 9.47. The Hall–Kier alpha value is -1.62. The smallest absolute Gasteiger partial charge is 0.138 e. The van der Waals surface area contributed by atoms with Gasteiger partial charge in [0.2, 0.25) is 0 Å². The number of rotatable bonds is 2. The Kier molecular flexibility index (Phi) is 2.81. The molecule has 0 saturated heterocycles. The van der Waals surface area contributed by atoms with Gasteiger partial charge in [-0.05, 0) is 24.6 Å². The van der Waals surface area contributed by atoms with Crippen LogP contribution in [0.3, 0.4) is 0 Å². The second kappa shape index (κ2) is 3.86. The second-order valence-corrected chi connectivity index (χ2v) is 2.69. The highest BCUT2D eigenvalue weighted by Gasteiger charge is 2.07. The van der Waals surface area contributed by atoms with Gasteiger partial charge in [-0.1, -0.05) is 5.92 Å². The Morgan fingerprint density at radius 1 is 1.15 bits per heavy atom. The lowest BCUT2D eigenvalue weighted by Gasteiger charge is -2.09. The first-order chi connectivity index (χ1) is 6.22. The number of hydrogen-bond donors (Lipinski definition) is 0. The zero-order chi connectivity index (χ0) is 9.84. The molecule has 13 heavy (non-hydrogen) atoms. The summed E-state index contributed by atoms with van der Waals surface area (Å²) in [5.74, 6) is 3.90. The topological polar surface area (TPSA) is 18.5 Å². The summed E-state index contributed by atoms with van der Waals surface area (Å²) in [6.07, 6.45) is 5.34. The van der Waals surface area contributed by atoms with Crippen molar-refractivity contribution < 1.29 is 9.47 Å². The number of hydrogen-bond acceptors (Lipinski definition) is 2. The van der Waals surface area contributed by atoms with Crippen LogP contribution in [-0.2, 0) is 0 Å². The molecule has 0 spiro atoms. The monoisotopic (exact) mass is 176 g/mol. The van der Waals surface area contributed by atoms with Crippen LogP contribution in [0.2, 0.25) is 0 Å². The van der Waals surface area contributed by atoms with E-state index in [0.29, 0.717) is 17.1 Å². The quantitative estimate of drug-likeness (QED) is 0.641. The van der Waals surface area contributed by atoms with Crippen LogP contribution in [0.5, 0.6) is 11.5 Å². The van der Waals surface area contributed by atoms with Crippen molar-refractivity contribution in [2.75, 3.05) is 14.2 Å². The molecule has 0 aliphatic heterocycles. The molecule has 0 saturated carbocycles. The van der Waals surface area contributed by atoms with Crippen molar-refractivity contribution in [3.8, 4) is 23.8 Å². The van der Waals surface area contributed by atoms with E-state index in [4.69, 9.17) is 15.9 Å². The van der Waals surface area contributed by atoms with Gasteiger partial charge in [0, 0.05) is 0 Å². The van der Waals surface area contributed by atoms with Crippen molar-refractivity contribution in [1.82, 2.24) is 0 Å². The lowest BCUT2D eigenvalue weighted by molar-refractivity contribution is 0.391. The molecule has 0 aliphatic rings. The van der Waals surface area contributed by atoms with Gasteiger partial charge in [-0.3, -0.25) is 0 Å². The molecule has 0 aliphatic carbocycles. The third kappa shape index (κ3) is 1.75. The summed E-state index contributed by atoms with van der Waals surface area (Å²) in [5.41, 5.74) is 1.73. The first-order valence-corrected chi connectivity index (χ1v) is 3.92. The number of terminal acetylenes is 1. The Balaban J connectivity index is 3.36. The maximum Gasteiger partial charge on any atom is 0.138 e. The van der Waals surface area contributed by atoms with Crippen molar-refractivity contribution in [3.63, 3.8) is 0 Å². The zero-order valence-electron chi connectivity index (χ0n) is 8.05. The second-order valence-electron chi connectivity index (χ2n) is 2.69. The van der Waals surface area contributed by atoms with E-state index in [1.54, 1.807) is 14.2 Å². The molecule has 1 aromatic rings. The third-order valence-electron chi connectivity index (χ3n) is 1.79. The van der Waals surface area contributed by atoms with E-state index in [-0.39, 0.29) is 0 Å². The summed E-state index contributed by atoms with van der Waals surface area (Å²) in [4.78, 5) is 0. The fourth-order valence-electron chi connectivity index (χ4n) is 1.19.